The Morgan fingerprint density at radius 1 is 1.26 bits per heavy atom. The Morgan fingerprint density at radius 3 is 2.95 bits per heavy atom. The second-order valence-electron chi connectivity index (χ2n) is 4.83. The summed E-state index contributed by atoms with van der Waals surface area (Å²) in [6.07, 6.45) is -0.372. The lowest BCUT2D eigenvalue weighted by Gasteiger charge is -2.26. The molecule has 0 saturated carbocycles. The molecule has 1 N–H and O–H groups in total. The smallest absolute Gasteiger partial charge is 0.0916 e. The van der Waals surface area contributed by atoms with Gasteiger partial charge in [0.05, 0.1) is 11.6 Å². The number of aromatic nitrogens is 1. The van der Waals surface area contributed by atoms with E-state index in [0.717, 1.165) is 33.7 Å². The minimum absolute atomic E-state index is 0.314. The summed E-state index contributed by atoms with van der Waals surface area (Å²) in [4.78, 5) is 4.50. The molecule has 1 fully saturated rings. The molecule has 1 aromatic carbocycles. The van der Waals surface area contributed by atoms with Gasteiger partial charge in [0.25, 0.3) is 0 Å². The van der Waals surface area contributed by atoms with E-state index in [9.17, 15) is 5.11 Å². The van der Waals surface area contributed by atoms with Gasteiger partial charge in [0.1, 0.15) is 0 Å². The molecule has 1 aromatic heterocycles. The summed E-state index contributed by atoms with van der Waals surface area (Å²) < 4.78 is 0. The maximum absolute atomic E-state index is 10.5. The molecule has 3 rings (SSSR count). The SMILES string of the molecule is Cc1ccc2cc(C(O)C3CSCCS3)ccc2n1. The Labute approximate surface area is 122 Å². The van der Waals surface area contributed by atoms with Crippen LogP contribution >= 0.6 is 23.5 Å². The summed E-state index contributed by atoms with van der Waals surface area (Å²) in [5.74, 6) is 3.38. The fourth-order valence-corrected chi connectivity index (χ4v) is 5.09. The number of aryl methyl sites for hydroxylation is 1. The van der Waals surface area contributed by atoms with Gasteiger partial charge in [-0.25, -0.2) is 0 Å². The number of pyridine rings is 1. The molecule has 2 nitrogen and oxygen atoms in total. The van der Waals surface area contributed by atoms with Crippen LogP contribution in [0.4, 0.5) is 0 Å². The molecule has 2 atom stereocenters. The Hall–Kier alpha value is -0.710. The van der Waals surface area contributed by atoms with Gasteiger partial charge in [-0.05, 0) is 30.7 Å². The lowest BCUT2D eigenvalue weighted by molar-refractivity contribution is 0.180. The number of hydrogen-bond acceptors (Lipinski definition) is 4. The van der Waals surface area contributed by atoms with E-state index in [1.165, 1.54) is 5.75 Å². The summed E-state index contributed by atoms with van der Waals surface area (Å²) in [5, 5.41) is 11.9. The summed E-state index contributed by atoms with van der Waals surface area (Å²) in [6, 6.07) is 10.2. The van der Waals surface area contributed by atoms with Crippen LogP contribution in [0.5, 0.6) is 0 Å². The molecule has 1 saturated heterocycles. The van der Waals surface area contributed by atoms with Gasteiger partial charge in [-0.15, -0.1) is 0 Å². The topological polar surface area (TPSA) is 33.1 Å². The number of hydrogen-bond donors (Lipinski definition) is 1. The fraction of sp³-hybridized carbons (Fsp3) is 0.400. The lowest BCUT2D eigenvalue weighted by atomic mass is 10.0. The molecule has 0 aliphatic carbocycles. The normalized spacial score (nSPS) is 21.5. The van der Waals surface area contributed by atoms with Crippen LogP contribution in [0, 0.1) is 6.92 Å². The van der Waals surface area contributed by atoms with Crippen molar-refractivity contribution in [2.75, 3.05) is 17.3 Å². The molecule has 0 radical (unpaired) electrons. The van der Waals surface area contributed by atoms with Gasteiger partial charge in [0.15, 0.2) is 0 Å². The zero-order valence-corrected chi connectivity index (χ0v) is 12.5. The molecule has 19 heavy (non-hydrogen) atoms. The monoisotopic (exact) mass is 291 g/mol. The van der Waals surface area contributed by atoms with Crippen molar-refractivity contribution in [1.82, 2.24) is 4.98 Å². The highest BCUT2D eigenvalue weighted by molar-refractivity contribution is 8.06. The van der Waals surface area contributed by atoms with E-state index >= 15 is 0 Å². The number of thioether (sulfide) groups is 2. The van der Waals surface area contributed by atoms with Crippen LogP contribution in [0.2, 0.25) is 0 Å². The number of rotatable bonds is 2. The van der Waals surface area contributed by atoms with E-state index in [2.05, 4.69) is 17.1 Å². The molecule has 4 heteroatoms. The van der Waals surface area contributed by atoms with Crippen molar-refractivity contribution in [3.8, 4) is 0 Å². The molecule has 0 amide bonds. The number of nitrogens with zero attached hydrogens (tertiary/aromatic N) is 1. The maximum atomic E-state index is 10.5. The van der Waals surface area contributed by atoms with Crippen molar-refractivity contribution in [1.29, 1.82) is 0 Å². The quantitative estimate of drug-likeness (QED) is 0.919. The summed E-state index contributed by atoms with van der Waals surface area (Å²) in [5.41, 5.74) is 3.04. The van der Waals surface area contributed by atoms with Crippen LogP contribution in [-0.2, 0) is 0 Å². The van der Waals surface area contributed by atoms with E-state index in [1.54, 1.807) is 0 Å². The third-order valence-electron chi connectivity index (χ3n) is 3.39. The Bertz CT molecular complexity index is 581. The first-order chi connectivity index (χ1) is 9.24. The van der Waals surface area contributed by atoms with Gasteiger partial charge < -0.3 is 5.11 Å². The molecule has 2 aromatic rings. The van der Waals surface area contributed by atoms with Crippen LogP contribution in [0.25, 0.3) is 10.9 Å². The lowest BCUT2D eigenvalue weighted by Crippen LogP contribution is -2.22. The standard InChI is InChI=1S/C15H17NOS2/c1-10-2-3-11-8-12(4-5-13(11)16-10)15(17)14-9-18-6-7-19-14/h2-5,8,14-15,17H,6-7,9H2,1H3. The van der Waals surface area contributed by atoms with Crippen LogP contribution in [0.1, 0.15) is 17.4 Å². The van der Waals surface area contributed by atoms with Crippen molar-refractivity contribution in [2.45, 2.75) is 18.3 Å². The molecule has 100 valence electrons. The van der Waals surface area contributed by atoms with E-state index in [4.69, 9.17) is 0 Å². The zero-order chi connectivity index (χ0) is 13.2. The Kier molecular flexibility index (Phi) is 4.01. The highest BCUT2D eigenvalue weighted by Gasteiger charge is 2.24. The molecule has 0 spiro atoms. The van der Waals surface area contributed by atoms with Gasteiger partial charge in [-0.2, -0.15) is 23.5 Å². The first-order valence-electron chi connectivity index (χ1n) is 6.49. The van der Waals surface area contributed by atoms with E-state index in [-0.39, 0.29) is 6.10 Å². The Morgan fingerprint density at radius 2 is 2.16 bits per heavy atom. The average Bonchev–Trinajstić information content (AvgIpc) is 2.47. The fourth-order valence-electron chi connectivity index (χ4n) is 2.33. The number of aliphatic hydroxyl groups excluding tert-OH is 1. The van der Waals surface area contributed by atoms with E-state index in [1.807, 2.05) is 48.6 Å². The van der Waals surface area contributed by atoms with E-state index in [0.29, 0.717) is 5.25 Å². The number of fused-ring (bicyclic) bond motifs is 1. The average molecular weight is 291 g/mol. The molecule has 2 heterocycles. The third kappa shape index (κ3) is 2.91. The van der Waals surface area contributed by atoms with Crippen LogP contribution in [0.15, 0.2) is 30.3 Å². The first-order valence-corrected chi connectivity index (χ1v) is 8.69. The number of aliphatic hydroxyl groups is 1. The third-order valence-corrected chi connectivity index (χ3v) is 6.24. The van der Waals surface area contributed by atoms with E-state index < -0.39 is 0 Å². The predicted molar refractivity (Wildman–Crippen MR) is 85.0 cm³/mol. The molecule has 2 unspecified atom stereocenters. The van der Waals surface area contributed by atoms with Gasteiger partial charge in [-0.3, -0.25) is 4.98 Å². The summed E-state index contributed by atoms with van der Waals surface area (Å²) in [7, 11) is 0. The van der Waals surface area contributed by atoms with Gasteiger partial charge in [0.2, 0.25) is 0 Å². The highest BCUT2D eigenvalue weighted by atomic mass is 32.2. The zero-order valence-electron chi connectivity index (χ0n) is 10.9. The predicted octanol–water partition coefficient (Wildman–Crippen LogP) is 3.43. The highest BCUT2D eigenvalue weighted by Crippen LogP contribution is 2.34. The number of benzene rings is 1. The van der Waals surface area contributed by atoms with Crippen molar-refractivity contribution < 1.29 is 5.11 Å². The summed E-state index contributed by atoms with van der Waals surface area (Å²) in [6.45, 7) is 2.00. The van der Waals surface area contributed by atoms with Crippen molar-refractivity contribution >= 4 is 34.4 Å². The molecule has 1 aliphatic rings. The molecule has 0 bridgehead atoms. The summed E-state index contributed by atoms with van der Waals surface area (Å²) >= 11 is 3.83. The van der Waals surface area contributed by atoms with Crippen molar-refractivity contribution in [3.63, 3.8) is 0 Å². The van der Waals surface area contributed by atoms with Crippen molar-refractivity contribution in [2.24, 2.45) is 0 Å². The minimum Gasteiger partial charge on any atom is -0.387 e. The van der Waals surface area contributed by atoms with Crippen LogP contribution in [-0.4, -0.2) is 32.6 Å². The minimum atomic E-state index is -0.372. The first kappa shape index (κ1) is 13.3. The van der Waals surface area contributed by atoms with Gasteiger partial charge >= 0.3 is 0 Å². The second-order valence-corrected chi connectivity index (χ2v) is 7.33. The second kappa shape index (κ2) is 5.73. The maximum Gasteiger partial charge on any atom is 0.0916 e. The largest absolute Gasteiger partial charge is 0.387 e. The van der Waals surface area contributed by atoms with Crippen molar-refractivity contribution in [3.05, 3.63) is 41.6 Å². The van der Waals surface area contributed by atoms with Crippen LogP contribution < -0.4 is 0 Å². The Balaban J connectivity index is 1.89. The molecular formula is C15H17NOS2. The molecule has 1 aliphatic heterocycles. The van der Waals surface area contributed by atoms with Gasteiger partial charge in [-0.1, -0.05) is 12.1 Å². The molecular weight excluding hydrogens is 274 g/mol. The van der Waals surface area contributed by atoms with Gasteiger partial charge in [0, 0.05) is 33.6 Å². The van der Waals surface area contributed by atoms with Crippen LogP contribution in [0.3, 0.4) is 0 Å².